The SMILES string of the molecule is CCNC(=NCC(c1ccc(OC)cc1)N1CCCC1)NCC(O)c1cccc(OC)c1.I. The summed E-state index contributed by atoms with van der Waals surface area (Å²) in [5, 5.41) is 17.2. The maximum atomic E-state index is 10.6. The maximum Gasteiger partial charge on any atom is 0.191 e. The first-order valence-electron chi connectivity index (χ1n) is 11.4. The first-order valence-corrected chi connectivity index (χ1v) is 11.4. The van der Waals surface area contributed by atoms with Gasteiger partial charge in [-0.1, -0.05) is 24.3 Å². The van der Waals surface area contributed by atoms with Crippen LogP contribution in [0, 0.1) is 0 Å². The van der Waals surface area contributed by atoms with Gasteiger partial charge in [0.05, 0.1) is 32.9 Å². The fourth-order valence-electron chi connectivity index (χ4n) is 3.99. The lowest BCUT2D eigenvalue weighted by Crippen LogP contribution is -2.40. The van der Waals surface area contributed by atoms with Gasteiger partial charge in [0.1, 0.15) is 11.5 Å². The molecule has 0 aromatic heterocycles. The highest BCUT2D eigenvalue weighted by molar-refractivity contribution is 14.0. The summed E-state index contributed by atoms with van der Waals surface area (Å²) < 4.78 is 10.6. The van der Waals surface area contributed by atoms with E-state index >= 15 is 0 Å². The first kappa shape index (κ1) is 27.2. The molecular formula is C25H37IN4O3. The Hall–Kier alpha value is -2.04. The molecule has 2 unspecified atom stereocenters. The molecule has 7 nitrogen and oxygen atoms in total. The van der Waals surface area contributed by atoms with Crippen molar-refractivity contribution in [2.24, 2.45) is 4.99 Å². The van der Waals surface area contributed by atoms with E-state index in [1.54, 1.807) is 14.2 Å². The average Bonchev–Trinajstić information content (AvgIpc) is 3.37. The van der Waals surface area contributed by atoms with Crippen LogP contribution in [0.4, 0.5) is 0 Å². The van der Waals surface area contributed by atoms with Crippen molar-refractivity contribution in [2.45, 2.75) is 31.9 Å². The van der Waals surface area contributed by atoms with E-state index in [2.05, 4.69) is 27.7 Å². The number of aliphatic hydroxyl groups excluding tert-OH is 1. The first-order chi connectivity index (χ1) is 15.6. The highest BCUT2D eigenvalue weighted by atomic mass is 127. The second-order valence-corrected chi connectivity index (χ2v) is 7.92. The number of nitrogens with one attached hydrogen (secondary N) is 2. The number of likely N-dealkylation sites (tertiary alicyclic amines) is 1. The smallest absolute Gasteiger partial charge is 0.191 e. The molecule has 1 aliphatic heterocycles. The van der Waals surface area contributed by atoms with Crippen molar-refractivity contribution < 1.29 is 14.6 Å². The van der Waals surface area contributed by atoms with Crippen LogP contribution in [0.5, 0.6) is 11.5 Å². The molecule has 2 aromatic carbocycles. The average molecular weight is 569 g/mol. The number of hydrogen-bond donors (Lipinski definition) is 3. The molecule has 1 fully saturated rings. The molecule has 0 spiro atoms. The molecule has 3 N–H and O–H groups in total. The Bertz CT molecular complexity index is 857. The number of aliphatic imine (C=N–C) groups is 1. The Morgan fingerprint density at radius 1 is 1.00 bits per heavy atom. The Labute approximate surface area is 214 Å². The van der Waals surface area contributed by atoms with Crippen LogP contribution in [0.25, 0.3) is 0 Å². The minimum Gasteiger partial charge on any atom is -0.497 e. The van der Waals surface area contributed by atoms with Gasteiger partial charge in [0.25, 0.3) is 0 Å². The predicted molar refractivity (Wildman–Crippen MR) is 144 cm³/mol. The van der Waals surface area contributed by atoms with Gasteiger partial charge in [0.2, 0.25) is 0 Å². The normalized spacial score (nSPS) is 15.9. The molecule has 1 saturated heterocycles. The second-order valence-electron chi connectivity index (χ2n) is 7.92. The predicted octanol–water partition coefficient (Wildman–Crippen LogP) is 3.75. The number of nitrogens with zero attached hydrogens (tertiary/aromatic N) is 2. The molecule has 0 aliphatic carbocycles. The van der Waals surface area contributed by atoms with Gasteiger partial charge < -0.3 is 25.2 Å². The van der Waals surface area contributed by atoms with Crippen molar-refractivity contribution in [3.05, 3.63) is 59.7 Å². The molecular weight excluding hydrogens is 531 g/mol. The summed E-state index contributed by atoms with van der Waals surface area (Å²) in [6.07, 6.45) is 1.79. The standard InChI is InChI=1S/C25H36N4O3.HI/c1-4-26-25(28-18-24(30)20-8-7-9-22(16-20)32-3)27-17-23(29-14-5-6-15-29)19-10-12-21(31-2)13-11-19;/h7-13,16,23-24,30H,4-6,14-15,17-18H2,1-3H3,(H2,26,27,28);1H. The minimum atomic E-state index is -0.662. The van der Waals surface area contributed by atoms with Gasteiger partial charge in [-0.2, -0.15) is 0 Å². The summed E-state index contributed by atoms with van der Waals surface area (Å²) in [6.45, 7) is 5.96. The van der Waals surface area contributed by atoms with Crippen LogP contribution < -0.4 is 20.1 Å². The van der Waals surface area contributed by atoms with Crippen molar-refractivity contribution in [2.75, 3.05) is 46.9 Å². The number of benzene rings is 2. The van der Waals surface area contributed by atoms with E-state index in [0.29, 0.717) is 19.0 Å². The summed E-state index contributed by atoms with van der Waals surface area (Å²) in [5.41, 5.74) is 2.05. The fourth-order valence-corrected chi connectivity index (χ4v) is 3.99. The van der Waals surface area contributed by atoms with Crippen LogP contribution in [-0.4, -0.2) is 62.9 Å². The molecule has 33 heavy (non-hydrogen) atoms. The quantitative estimate of drug-likeness (QED) is 0.230. The van der Waals surface area contributed by atoms with Crippen molar-refractivity contribution in [1.82, 2.24) is 15.5 Å². The lowest BCUT2D eigenvalue weighted by molar-refractivity contribution is 0.180. The van der Waals surface area contributed by atoms with Gasteiger partial charge in [-0.15, -0.1) is 24.0 Å². The second kappa shape index (κ2) is 14.3. The Kier molecular flexibility index (Phi) is 11.8. The van der Waals surface area contributed by atoms with Gasteiger partial charge >= 0.3 is 0 Å². The van der Waals surface area contributed by atoms with E-state index < -0.39 is 6.10 Å². The van der Waals surface area contributed by atoms with E-state index in [1.165, 1.54) is 18.4 Å². The molecule has 0 saturated carbocycles. The summed E-state index contributed by atoms with van der Waals surface area (Å²) in [4.78, 5) is 7.36. The van der Waals surface area contributed by atoms with Gasteiger partial charge in [0.15, 0.2) is 5.96 Å². The van der Waals surface area contributed by atoms with Crippen LogP contribution in [0.2, 0.25) is 0 Å². The topological polar surface area (TPSA) is 78.4 Å². The van der Waals surface area contributed by atoms with E-state index in [4.69, 9.17) is 14.5 Å². The van der Waals surface area contributed by atoms with Crippen molar-refractivity contribution >= 4 is 29.9 Å². The summed E-state index contributed by atoms with van der Waals surface area (Å²) in [5.74, 6) is 2.29. The number of guanidine groups is 1. The number of ether oxygens (including phenoxy) is 2. The Morgan fingerprint density at radius 3 is 2.33 bits per heavy atom. The molecule has 182 valence electrons. The highest BCUT2D eigenvalue weighted by Gasteiger charge is 2.23. The highest BCUT2D eigenvalue weighted by Crippen LogP contribution is 2.27. The number of methoxy groups -OCH3 is 2. The zero-order chi connectivity index (χ0) is 22.8. The third-order valence-electron chi connectivity index (χ3n) is 5.79. The Morgan fingerprint density at radius 2 is 1.70 bits per heavy atom. The van der Waals surface area contributed by atoms with Crippen molar-refractivity contribution in [3.63, 3.8) is 0 Å². The molecule has 8 heteroatoms. The molecule has 2 atom stereocenters. The van der Waals surface area contributed by atoms with Crippen molar-refractivity contribution in [1.29, 1.82) is 0 Å². The van der Waals surface area contributed by atoms with Gasteiger partial charge in [-0.3, -0.25) is 9.89 Å². The molecule has 1 aliphatic rings. The van der Waals surface area contributed by atoms with Crippen LogP contribution in [-0.2, 0) is 0 Å². The van der Waals surface area contributed by atoms with Crippen LogP contribution in [0.1, 0.15) is 43.0 Å². The lowest BCUT2D eigenvalue weighted by Gasteiger charge is -2.27. The van der Waals surface area contributed by atoms with E-state index in [-0.39, 0.29) is 30.0 Å². The number of aliphatic hydroxyl groups is 1. The third-order valence-corrected chi connectivity index (χ3v) is 5.79. The molecule has 0 bridgehead atoms. The van der Waals surface area contributed by atoms with E-state index in [9.17, 15) is 5.11 Å². The number of hydrogen-bond acceptors (Lipinski definition) is 5. The van der Waals surface area contributed by atoms with Gasteiger partial charge in [0, 0.05) is 13.1 Å². The zero-order valence-corrected chi connectivity index (χ0v) is 22.1. The van der Waals surface area contributed by atoms with Crippen molar-refractivity contribution in [3.8, 4) is 11.5 Å². The lowest BCUT2D eigenvalue weighted by atomic mass is 10.1. The largest absolute Gasteiger partial charge is 0.497 e. The Balaban J connectivity index is 0.00000385. The van der Waals surface area contributed by atoms with Crippen LogP contribution in [0.3, 0.4) is 0 Å². The molecule has 3 rings (SSSR count). The molecule has 1 heterocycles. The minimum absolute atomic E-state index is 0. The van der Waals surface area contributed by atoms with Gasteiger partial charge in [-0.05, 0) is 68.2 Å². The van der Waals surface area contributed by atoms with Gasteiger partial charge in [-0.25, -0.2) is 0 Å². The monoisotopic (exact) mass is 568 g/mol. The maximum absolute atomic E-state index is 10.6. The number of halogens is 1. The zero-order valence-electron chi connectivity index (χ0n) is 19.8. The molecule has 0 amide bonds. The summed E-state index contributed by atoms with van der Waals surface area (Å²) >= 11 is 0. The summed E-state index contributed by atoms with van der Waals surface area (Å²) in [7, 11) is 3.31. The molecule has 0 radical (unpaired) electrons. The van der Waals surface area contributed by atoms with Crippen LogP contribution >= 0.6 is 24.0 Å². The van der Waals surface area contributed by atoms with E-state index in [0.717, 1.165) is 36.7 Å². The third kappa shape index (κ3) is 8.04. The molecule has 2 aromatic rings. The summed E-state index contributed by atoms with van der Waals surface area (Å²) in [6, 6.07) is 16.0. The number of rotatable bonds is 10. The fraction of sp³-hybridized carbons (Fsp3) is 0.480. The van der Waals surface area contributed by atoms with E-state index in [1.807, 2.05) is 43.3 Å². The van der Waals surface area contributed by atoms with Crippen LogP contribution in [0.15, 0.2) is 53.5 Å².